The van der Waals surface area contributed by atoms with Crippen LogP contribution in [-0.2, 0) is 0 Å². The second kappa shape index (κ2) is 4.47. The molecule has 1 N–H and O–H groups in total. The summed E-state index contributed by atoms with van der Waals surface area (Å²) in [6, 6.07) is 10.7. The van der Waals surface area contributed by atoms with Crippen molar-refractivity contribution >= 4 is 0 Å². The normalized spacial score (nSPS) is 17.8. The van der Waals surface area contributed by atoms with Gasteiger partial charge in [0.1, 0.15) is 11.9 Å². The second-order valence-electron chi connectivity index (χ2n) is 3.92. The number of ether oxygens (including phenoxy) is 1. The monoisotopic (exact) mass is 191 g/mol. The lowest BCUT2D eigenvalue weighted by molar-refractivity contribution is 0.216. The van der Waals surface area contributed by atoms with E-state index in [-0.39, 0.29) is 6.10 Å². The van der Waals surface area contributed by atoms with Crippen LogP contribution in [0.2, 0.25) is 0 Å². The van der Waals surface area contributed by atoms with Crippen molar-refractivity contribution in [1.29, 1.82) is 0 Å². The van der Waals surface area contributed by atoms with Gasteiger partial charge in [-0.15, -0.1) is 0 Å². The van der Waals surface area contributed by atoms with Crippen LogP contribution in [0.5, 0.6) is 5.75 Å². The highest BCUT2D eigenvalue weighted by atomic mass is 16.5. The van der Waals surface area contributed by atoms with Gasteiger partial charge >= 0.3 is 0 Å². The Hall–Kier alpha value is -1.02. The summed E-state index contributed by atoms with van der Waals surface area (Å²) in [5, 5.41) is 3.45. The summed E-state index contributed by atoms with van der Waals surface area (Å²) in [6.45, 7) is 3.04. The molecule has 1 aromatic rings. The molecule has 1 aromatic carbocycles. The first-order chi connectivity index (χ1) is 6.84. The molecule has 1 fully saturated rings. The van der Waals surface area contributed by atoms with Gasteiger partial charge in [0.05, 0.1) is 0 Å². The standard InChI is InChI=1S/C12H17NO/c1-10(9-13-11-7-8-11)14-12-5-3-2-4-6-12/h2-6,10-11,13H,7-9H2,1H3. The molecular formula is C12H17NO. The van der Waals surface area contributed by atoms with Gasteiger partial charge in [-0.25, -0.2) is 0 Å². The zero-order valence-corrected chi connectivity index (χ0v) is 8.57. The van der Waals surface area contributed by atoms with Gasteiger partial charge in [-0.05, 0) is 31.9 Å². The number of para-hydroxylation sites is 1. The average Bonchev–Trinajstić information content (AvgIpc) is 3.00. The Morgan fingerprint density at radius 3 is 2.71 bits per heavy atom. The summed E-state index contributed by atoms with van der Waals surface area (Å²) in [4.78, 5) is 0. The third-order valence-electron chi connectivity index (χ3n) is 2.35. The topological polar surface area (TPSA) is 21.3 Å². The lowest BCUT2D eigenvalue weighted by atomic mass is 10.3. The van der Waals surface area contributed by atoms with Gasteiger partial charge in [-0.2, -0.15) is 0 Å². The van der Waals surface area contributed by atoms with E-state index in [0.29, 0.717) is 0 Å². The van der Waals surface area contributed by atoms with Crippen molar-refractivity contribution in [3.8, 4) is 5.75 Å². The summed E-state index contributed by atoms with van der Waals surface area (Å²) in [5.41, 5.74) is 0. The first kappa shape index (κ1) is 9.53. The number of hydrogen-bond acceptors (Lipinski definition) is 2. The van der Waals surface area contributed by atoms with E-state index in [4.69, 9.17) is 4.74 Å². The van der Waals surface area contributed by atoms with E-state index < -0.39 is 0 Å². The molecule has 0 amide bonds. The van der Waals surface area contributed by atoms with Crippen molar-refractivity contribution in [2.75, 3.05) is 6.54 Å². The first-order valence-corrected chi connectivity index (χ1v) is 5.29. The summed E-state index contributed by atoms with van der Waals surface area (Å²) >= 11 is 0. The minimum absolute atomic E-state index is 0.248. The highest BCUT2D eigenvalue weighted by Gasteiger charge is 2.21. The van der Waals surface area contributed by atoms with Crippen LogP contribution in [0, 0.1) is 0 Å². The van der Waals surface area contributed by atoms with Crippen molar-refractivity contribution in [3.63, 3.8) is 0 Å². The number of nitrogens with one attached hydrogen (secondary N) is 1. The van der Waals surface area contributed by atoms with Crippen molar-refractivity contribution in [3.05, 3.63) is 30.3 Å². The smallest absolute Gasteiger partial charge is 0.119 e. The Morgan fingerprint density at radius 2 is 2.07 bits per heavy atom. The van der Waals surface area contributed by atoms with Crippen LogP contribution in [0.1, 0.15) is 19.8 Å². The molecule has 1 aliphatic carbocycles. The fraction of sp³-hybridized carbons (Fsp3) is 0.500. The maximum absolute atomic E-state index is 5.73. The van der Waals surface area contributed by atoms with E-state index in [0.717, 1.165) is 18.3 Å². The molecule has 0 heterocycles. The van der Waals surface area contributed by atoms with E-state index in [1.807, 2.05) is 30.3 Å². The molecule has 0 bridgehead atoms. The average molecular weight is 191 g/mol. The van der Waals surface area contributed by atoms with E-state index in [9.17, 15) is 0 Å². The molecular weight excluding hydrogens is 174 g/mol. The van der Waals surface area contributed by atoms with E-state index in [1.165, 1.54) is 12.8 Å². The first-order valence-electron chi connectivity index (χ1n) is 5.29. The predicted octanol–water partition coefficient (Wildman–Crippen LogP) is 2.21. The molecule has 0 radical (unpaired) electrons. The van der Waals surface area contributed by atoms with Crippen molar-refractivity contribution in [2.45, 2.75) is 31.9 Å². The van der Waals surface area contributed by atoms with Crippen LogP contribution >= 0.6 is 0 Å². The summed E-state index contributed by atoms with van der Waals surface area (Å²) in [6.07, 6.45) is 2.91. The summed E-state index contributed by atoms with van der Waals surface area (Å²) in [5.74, 6) is 0.956. The third kappa shape index (κ3) is 3.04. The Bertz CT molecular complexity index is 269. The van der Waals surface area contributed by atoms with Gasteiger partial charge in [-0.3, -0.25) is 0 Å². The van der Waals surface area contributed by atoms with Gasteiger partial charge < -0.3 is 10.1 Å². The quantitative estimate of drug-likeness (QED) is 0.770. The zero-order chi connectivity index (χ0) is 9.80. The molecule has 1 unspecified atom stereocenters. The van der Waals surface area contributed by atoms with Gasteiger partial charge in [-0.1, -0.05) is 18.2 Å². The minimum Gasteiger partial charge on any atom is -0.489 e. The Kier molecular flexibility index (Phi) is 3.04. The largest absolute Gasteiger partial charge is 0.489 e. The highest BCUT2D eigenvalue weighted by Crippen LogP contribution is 2.18. The maximum atomic E-state index is 5.73. The molecule has 76 valence electrons. The summed E-state index contributed by atoms with van der Waals surface area (Å²) < 4.78 is 5.73. The van der Waals surface area contributed by atoms with Gasteiger partial charge in [0.2, 0.25) is 0 Å². The molecule has 1 aliphatic rings. The highest BCUT2D eigenvalue weighted by molar-refractivity contribution is 5.21. The Balaban J connectivity index is 1.73. The van der Waals surface area contributed by atoms with Crippen LogP contribution in [0.15, 0.2) is 30.3 Å². The fourth-order valence-electron chi connectivity index (χ4n) is 1.39. The molecule has 1 atom stereocenters. The maximum Gasteiger partial charge on any atom is 0.119 e. The second-order valence-corrected chi connectivity index (χ2v) is 3.92. The molecule has 14 heavy (non-hydrogen) atoms. The SMILES string of the molecule is CC(CNC1CC1)Oc1ccccc1. The number of benzene rings is 1. The van der Waals surface area contributed by atoms with Crippen LogP contribution < -0.4 is 10.1 Å². The van der Waals surface area contributed by atoms with Crippen LogP contribution in [0.3, 0.4) is 0 Å². The fourth-order valence-corrected chi connectivity index (χ4v) is 1.39. The van der Waals surface area contributed by atoms with Crippen molar-refractivity contribution < 1.29 is 4.74 Å². The van der Waals surface area contributed by atoms with Crippen LogP contribution in [0.4, 0.5) is 0 Å². The molecule has 2 heteroatoms. The molecule has 0 spiro atoms. The van der Waals surface area contributed by atoms with Gasteiger partial charge in [0.25, 0.3) is 0 Å². The Morgan fingerprint density at radius 1 is 1.36 bits per heavy atom. The lowest BCUT2D eigenvalue weighted by Crippen LogP contribution is -2.30. The molecule has 0 saturated heterocycles. The molecule has 2 nitrogen and oxygen atoms in total. The van der Waals surface area contributed by atoms with Gasteiger partial charge in [0.15, 0.2) is 0 Å². The van der Waals surface area contributed by atoms with Crippen LogP contribution in [0.25, 0.3) is 0 Å². The van der Waals surface area contributed by atoms with E-state index in [2.05, 4.69) is 12.2 Å². The van der Waals surface area contributed by atoms with Crippen molar-refractivity contribution in [2.24, 2.45) is 0 Å². The minimum atomic E-state index is 0.248. The molecule has 2 rings (SSSR count). The van der Waals surface area contributed by atoms with Crippen LogP contribution in [-0.4, -0.2) is 18.7 Å². The predicted molar refractivity (Wildman–Crippen MR) is 57.6 cm³/mol. The Labute approximate surface area is 85.3 Å². The number of rotatable bonds is 5. The molecule has 0 aliphatic heterocycles. The van der Waals surface area contributed by atoms with E-state index in [1.54, 1.807) is 0 Å². The van der Waals surface area contributed by atoms with Gasteiger partial charge in [0, 0.05) is 12.6 Å². The third-order valence-corrected chi connectivity index (χ3v) is 2.35. The number of hydrogen-bond donors (Lipinski definition) is 1. The van der Waals surface area contributed by atoms with E-state index >= 15 is 0 Å². The summed E-state index contributed by atoms with van der Waals surface area (Å²) in [7, 11) is 0. The van der Waals surface area contributed by atoms with Crippen molar-refractivity contribution in [1.82, 2.24) is 5.32 Å². The zero-order valence-electron chi connectivity index (χ0n) is 8.57. The molecule has 0 aromatic heterocycles. The lowest BCUT2D eigenvalue weighted by Gasteiger charge is -2.14. The molecule has 1 saturated carbocycles.